The molecule has 2 aliphatic carbocycles. The van der Waals surface area contributed by atoms with E-state index in [2.05, 4.69) is 32.8 Å². The van der Waals surface area contributed by atoms with Crippen LogP contribution in [0.15, 0.2) is 77.2 Å². The van der Waals surface area contributed by atoms with Gasteiger partial charge >= 0.3 is 0 Å². The van der Waals surface area contributed by atoms with Gasteiger partial charge in [-0.05, 0) is 80.6 Å². The molecule has 0 spiro atoms. The van der Waals surface area contributed by atoms with E-state index in [1.807, 2.05) is 36.4 Å². The molecule has 2 fully saturated rings. The smallest absolute Gasteiger partial charge is 0.286 e. The summed E-state index contributed by atoms with van der Waals surface area (Å²) in [6, 6.07) is 22.7. The highest BCUT2D eigenvalue weighted by Crippen LogP contribution is 2.38. The van der Waals surface area contributed by atoms with Crippen LogP contribution in [0.5, 0.6) is 0 Å². The zero-order valence-corrected chi connectivity index (χ0v) is 24.7. The first kappa shape index (κ1) is 27.9. The highest BCUT2D eigenvalue weighted by atomic mass is 16.3. The van der Waals surface area contributed by atoms with Crippen LogP contribution >= 0.6 is 0 Å². The van der Waals surface area contributed by atoms with Gasteiger partial charge in [0.15, 0.2) is 5.76 Å². The lowest BCUT2D eigenvalue weighted by Gasteiger charge is -2.40. The van der Waals surface area contributed by atoms with Crippen LogP contribution in [0.2, 0.25) is 0 Å². The number of fused-ring (bicyclic) bond motifs is 2. The van der Waals surface area contributed by atoms with Crippen LogP contribution in [0.3, 0.4) is 0 Å². The zero-order chi connectivity index (χ0) is 30.3. The van der Waals surface area contributed by atoms with Gasteiger partial charge in [-0.15, -0.1) is 0 Å². The van der Waals surface area contributed by atoms with Gasteiger partial charge < -0.3 is 20.4 Å². The van der Waals surface area contributed by atoms with Crippen LogP contribution < -0.4 is 16.0 Å². The van der Waals surface area contributed by atoms with E-state index in [4.69, 9.17) is 9.52 Å². The van der Waals surface area contributed by atoms with Gasteiger partial charge in [-0.1, -0.05) is 43.5 Å². The van der Waals surface area contributed by atoms with Crippen molar-refractivity contribution in [2.24, 2.45) is 0 Å². The van der Waals surface area contributed by atoms with Gasteiger partial charge in [0.2, 0.25) is 5.91 Å². The number of hydrogen-bond acceptors (Lipinski definition) is 5. The van der Waals surface area contributed by atoms with Crippen LogP contribution in [0, 0.1) is 0 Å². The highest BCUT2D eigenvalue weighted by Gasteiger charge is 2.45. The SMILES string of the molecule is CNC(=O)c1cc2cc(NC(=O)C3(NC(=O)c4ccc5c(C6CCCCC6)n(-c6ccccc6)nc5c4)CCC3)ccc2o1. The minimum Gasteiger partial charge on any atom is -0.451 e. The molecule has 9 heteroatoms. The molecule has 0 saturated heterocycles. The van der Waals surface area contributed by atoms with Gasteiger partial charge in [0.25, 0.3) is 11.8 Å². The standard InChI is InChI=1S/C35H35N5O4/c1-36-33(42)30-21-24-19-25(14-16-29(24)44-30)37-34(43)35(17-8-18-35)38-32(41)23-13-15-27-28(20-23)39-40(26-11-6-3-7-12-26)31(27)22-9-4-2-5-10-22/h3,6-7,11-16,19-22H,2,4-5,8-10,17-18H2,1H3,(H,36,42)(H,37,43)(H,38,41). The predicted molar refractivity (Wildman–Crippen MR) is 169 cm³/mol. The fraction of sp³-hybridized carbons (Fsp3) is 0.314. The Morgan fingerprint density at radius 2 is 1.68 bits per heavy atom. The van der Waals surface area contributed by atoms with Crippen molar-refractivity contribution in [2.75, 3.05) is 12.4 Å². The third kappa shape index (κ3) is 5.02. The molecule has 0 unspecified atom stereocenters. The van der Waals surface area contributed by atoms with Crippen molar-refractivity contribution in [2.45, 2.75) is 62.8 Å². The Morgan fingerprint density at radius 3 is 2.41 bits per heavy atom. The summed E-state index contributed by atoms with van der Waals surface area (Å²) in [5.41, 5.74) is 3.59. The summed E-state index contributed by atoms with van der Waals surface area (Å²) in [5.74, 6) is -0.258. The lowest BCUT2D eigenvalue weighted by Crippen LogP contribution is -2.61. The summed E-state index contributed by atoms with van der Waals surface area (Å²) < 4.78 is 7.65. The molecule has 3 amide bonds. The number of aromatic nitrogens is 2. The number of anilines is 1. The fourth-order valence-corrected chi connectivity index (χ4v) is 6.62. The van der Waals surface area contributed by atoms with Gasteiger partial charge in [0, 0.05) is 35.0 Å². The Balaban J connectivity index is 1.13. The van der Waals surface area contributed by atoms with E-state index in [1.54, 1.807) is 24.3 Å². The molecule has 7 rings (SSSR count). The fourth-order valence-electron chi connectivity index (χ4n) is 6.62. The second kappa shape index (κ2) is 11.3. The Kier molecular flexibility index (Phi) is 7.16. The Hall–Kier alpha value is -4.92. The molecular formula is C35H35N5O4. The van der Waals surface area contributed by atoms with E-state index in [0.29, 0.717) is 41.0 Å². The number of carbonyl (C=O) groups is 3. The summed E-state index contributed by atoms with van der Waals surface area (Å²) in [4.78, 5) is 39.1. The van der Waals surface area contributed by atoms with Crippen LogP contribution in [0.4, 0.5) is 5.69 Å². The van der Waals surface area contributed by atoms with E-state index in [0.717, 1.165) is 35.9 Å². The molecule has 2 aromatic heterocycles. The first-order chi connectivity index (χ1) is 21.4. The van der Waals surface area contributed by atoms with Crippen LogP contribution in [-0.2, 0) is 4.79 Å². The number of nitrogens with one attached hydrogen (secondary N) is 3. The van der Waals surface area contributed by atoms with Crippen LogP contribution in [0.25, 0.3) is 27.6 Å². The second-order valence-electron chi connectivity index (χ2n) is 12.0. The summed E-state index contributed by atoms with van der Waals surface area (Å²) in [6.07, 6.45) is 7.91. The van der Waals surface area contributed by atoms with Crippen LogP contribution in [-0.4, -0.2) is 40.1 Å². The largest absolute Gasteiger partial charge is 0.451 e. The first-order valence-electron chi connectivity index (χ1n) is 15.4. The highest BCUT2D eigenvalue weighted by molar-refractivity contribution is 6.06. The van der Waals surface area contributed by atoms with Crippen molar-refractivity contribution in [1.82, 2.24) is 20.4 Å². The number of rotatable bonds is 7. The van der Waals surface area contributed by atoms with Crippen LogP contribution in [0.1, 0.15) is 83.9 Å². The average Bonchev–Trinajstić information content (AvgIpc) is 3.64. The Morgan fingerprint density at radius 1 is 0.886 bits per heavy atom. The predicted octanol–water partition coefficient (Wildman–Crippen LogP) is 6.47. The number of hydrogen-bond donors (Lipinski definition) is 3. The molecule has 0 aliphatic heterocycles. The Labute approximate surface area is 255 Å². The van der Waals surface area contributed by atoms with Gasteiger partial charge in [-0.3, -0.25) is 14.4 Å². The van der Waals surface area contributed by atoms with Crippen molar-refractivity contribution < 1.29 is 18.8 Å². The van der Waals surface area contributed by atoms with E-state index in [1.165, 1.54) is 32.0 Å². The van der Waals surface area contributed by atoms with Gasteiger partial charge in [0.1, 0.15) is 11.1 Å². The topological polar surface area (TPSA) is 118 Å². The Bertz CT molecular complexity index is 1880. The molecule has 0 atom stereocenters. The molecule has 0 bridgehead atoms. The molecule has 2 aliphatic rings. The maximum Gasteiger partial charge on any atom is 0.286 e. The molecule has 0 radical (unpaired) electrons. The molecule has 3 aromatic carbocycles. The van der Waals surface area contributed by atoms with E-state index >= 15 is 0 Å². The first-order valence-corrected chi connectivity index (χ1v) is 15.4. The quantitative estimate of drug-likeness (QED) is 0.201. The van der Waals surface area contributed by atoms with Gasteiger partial charge in [0.05, 0.1) is 16.9 Å². The molecule has 44 heavy (non-hydrogen) atoms. The summed E-state index contributed by atoms with van der Waals surface area (Å²) in [6.45, 7) is 0. The number of furan rings is 1. The molecule has 224 valence electrons. The van der Waals surface area contributed by atoms with E-state index < -0.39 is 5.54 Å². The third-order valence-corrected chi connectivity index (χ3v) is 9.18. The molecule has 3 N–H and O–H groups in total. The molecule has 9 nitrogen and oxygen atoms in total. The van der Waals surface area contributed by atoms with Crippen molar-refractivity contribution >= 4 is 45.3 Å². The molecule has 5 aromatic rings. The number of nitrogens with zero attached hydrogens (tertiary/aromatic N) is 2. The monoisotopic (exact) mass is 589 g/mol. The lowest BCUT2D eigenvalue weighted by atomic mass is 9.75. The summed E-state index contributed by atoms with van der Waals surface area (Å²) in [7, 11) is 1.54. The number of para-hydroxylation sites is 1. The van der Waals surface area contributed by atoms with Crippen molar-refractivity contribution in [3.63, 3.8) is 0 Å². The van der Waals surface area contributed by atoms with Crippen molar-refractivity contribution in [3.05, 3.63) is 89.8 Å². The second-order valence-corrected chi connectivity index (χ2v) is 12.0. The van der Waals surface area contributed by atoms with Gasteiger partial charge in [-0.25, -0.2) is 4.68 Å². The van der Waals surface area contributed by atoms with Gasteiger partial charge in [-0.2, -0.15) is 5.10 Å². The average molecular weight is 590 g/mol. The zero-order valence-electron chi connectivity index (χ0n) is 24.7. The maximum atomic E-state index is 13.6. The summed E-state index contributed by atoms with van der Waals surface area (Å²) in [5, 5.41) is 15.3. The van der Waals surface area contributed by atoms with Crippen molar-refractivity contribution in [3.8, 4) is 5.69 Å². The minimum atomic E-state index is -0.999. The molecule has 2 saturated carbocycles. The minimum absolute atomic E-state index is 0.199. The number of benzene rings is 3. The maximum absolute atomic E-state index is 13.6. The van der Waals surface area contributed by atoms with Crippen molar-refractivity contribution in [1.29, 1.82) is 0 Å². The molecule has 2 heterocycles. The normalized spacial score (nSPS) is 16.4. The lowest BCUT2D eigenvalue weighted by molar-refractivity contribution is -0.125. The third-order valence-electron chi connectivity index (χ3n) is 9.18. The van der Waals surface area contributed by atoms with E-state index in [9.17, 15) is 14.4 Å². The number of carbonyl (C=O) groups excluding carboxylic acids is 3. The number of amides is 3. The van der Waals surface area contributed by atoms with E-state index in [-0.39, 0.29) is 23.5 Å². The molecular weight excluding hydrogens is 554 g/mol. The summed E-state index contributed by atoms with van der Waals surface area (Å²) >= 11 is 0.